The highest BCUT2D eigenvalue weighted by Crippen LogP contribution is 2.50. The number of alkyl halides is 4. The van der Waals surface area contributed by atoms with Crippen LogP contribution in [0.2, 0.25) is 0 Å². The molecule has 3 aliphatic rings. The Bertz CT molecular complexity index is 706. The monoisotopic (exact) mass is 441 g/mol. The SMILES string of the molecule is O=C([O-])N1CCC2(CNC2)C(C2SC(F)N(F)N2OS(=O)(=O)C(F)(F)F)C1. The molecule has 0 aliphatic carbocycles. The normalized spacial score (nSPS) is 32.6. The summed E-state index contributed by atoms with van der Waals surface area (Å²) in [5, 5.41) is 11.3. The van der Waals surface area contributed by atoms with Crippen LogP contribution in [0.5, 0.6) is 0 Å². The van der Waals surface area contributed by atoms with Crippen molar-refractivity contribution in [2.45, 2.75) is 22.9 Å². The summed E-state index contributed by atoms with van der Waals surface area (Å²) in [7, 11) is -6.26. The molecule has 0 aromatic rings. The summed E-state index contributed by atoms with van der Waals surface area (Å²) < 4.78 is 92.0. The molecule has 156 valence electrons. The summed E-state index contributed by atoms with van der Waals surface area (Å²) in [6, 6.07) is 0. The Kier molecular flexibility index (Phi) is 5.26. The number of halogens is 5. The van der Waals surface area contributed by atoms with Crippen LogP contribution in [0.1, 0.15) is 6.42 Å². The second kappa shape index (κ2) is 6.84. The van der Waals surface area contributed by atoms with Crippen LogP contribution in [0.25, 0.3) is 0 Å². The summed E-state index contributed by atoms with van der Waals surface area (Å²) in [6.07, 6.45) is -1.28. The van der Waals surface area contributed by atoms with Gasteiger partial charge in [-0.25, -0.2) is 4.39 Å². The number of carbonyl (C=O) groups excluding carboxylic acids is 1. The fourth-order valence-corrected chi connectivity index (χ4v) is 5.11. The van der Waals surface area contributed by atoms with Crippen molar-refractivity contribution in [2.75, 3.05) is 26.2 Å². The lowest BCUT2D eigenvalue weighted by Gasteiger charge is -2.55. The van der Waals surface area contributed by atoms with Crippen LogP contribution in [0.3, 0.4) is 0 Å². The minimum Gasteiger partial charge on any atom is -0.530 e. The van der Waals surface area contributed by atoms with Crippen LogP contribution >= 0.6 is 11.8 Å². The van der Waals surface area contributed by atoms with Gasteiger partial charge in [0.2, 0.25) is 5.63 Å². The molecule has 1 N–H and O–H groups in total. The second-order valence-electron chi connectivity index (χ2n) is 6.42. The molecular formula is C11H14F5N4O5S2-. The van der Waals surface area contributed by atoms with Crippen LogP contribution in [0.15, 0.2) is 0 Å². The van der Waals surface area contributed by atoms with E-state index >= 15 is 0 Å². The van der Waals surface area contributed by atoms with Crippen molar-refractivity contribution in [3.8, 4) is 0 Å². The number of nitrogens with one attached hydrogen (secondary N) is 1. The third-order valence-electron chi connectivity index (χ3n) is 4.92. The van der Waals surface area contributed by atoms with Gasteiger partial charge >= 0.3 is 15.6 Å². The van der Waals surface area contributed by atoms with Gasteiger partial charge in [-0.3, -0.25) is 0 Å². The van der Waals surface area contributed by atoms with Gasteiger partial charge in [-0.05, 0) is 11.7 Å². The topological polar surface area (TPSA) is 105 Å². The number of nitrogens with zero attached hydrogens (tertiary/aromatic N) is 3. The lowest BCUT2D eigenvalue weighted by molar-refractivity contribution is -0.329. The highest BCUT2D eigenvalue weighted by molar-refractivity contribution is 8.00. The Morgan fingerprint density at radius 2 is 1.96 bits per heavy atom. The lowest BCUT2D eigenvalue weighted by Crippen LogP contribution is -2.67. The van der Waals surface area contributed by atoms with Crippen LogP contribution < -0.4 is 10.4 Å². The number of hydrogen-bond acceptors (Lipinski definition) is 9. The molecule has 3 fully saturated rings. The second-order valence-corrected chi connectivity index (χ2v) is 9.08. The molecule has 3 unspecified atom stereocenters. The van der Waals surface area contributed by atoms with Crippen LogP contribution in [-0.4, -0.2) is 72.5 Å². The number of hydrogen-bond donors (Lipinski definition) is 1. The summed E-state index contributed by atoms with van der Waals surface area (Å²) in [6.45, 7) is 0.448. The van der Waals surface area contributed by atoms with Crippen molar-refractivity contribution < 1.29 is 44.6 Å². The van der Waals surface area contributed by atoms with Gasteiger partial charge in [0, 0.05) is 37.5 Å². The number of likely N-dealkylation sites (tertiary alicyclic amines) is 1. The number of thioether (sulfide) groups is 1. The Morgan fingerprint density at radius 3 is 2.44 bits per heavy atom. The largest absolute Gasteiger partial charge is 0.530 e. The number of hydroxylamine groups is 1. The molecule has 3 atom stereocenters. The predicted molar refractivity (Wildman–Crippen MR) is 77.5 cm³/mol. The van der Waals surface area contributed by atoms with E-state index < -0.39 is 49.3 Å². The van der Waals surface area contributed by atoms with E-state index in [9.17, 15) is 40.4 Å². The molecule has 9 nitrogen and oxygen atoms in total. The van der Waals surface area contributed by atoms with Gasteiger partial charge in [-0.15, -0.1) is 4.48 Å². The van der Waals surface area contributed by atoms with Crippen molar-refractivity contribution in [2.24, 2.45) is 11.3 Å². The minimum atomic E-state index is -6.26. The standard InChI is InChI=1S/C11H15F5N4O5S2/c12-8-19(16)20(25-27(23,24)11(13,14)15)7(26-8)6-3-18(9(21)22)2-1-10(6)4-17-5-10/h6-8,17H,1-5H2,(H,21,22)/p-1. The third-order valence-corrected chi connectivity index (χ3v) is 7.03. The first-order chi connectivity index (χ1) is 12.4. The van der Waals surface area contributed by atoms with E-state index in [1.165, 1.54) is 0 Å². The zero-order valence-electron chi connectivity index (χ0n) is 13.4. The quantitative estimate of drug-likeness (QED) is 0.275. The van der Waals surface area contributed by atoms with Gasteiger partial charge in [0.05, 0.1) is 0 Å². The molecule has 16 heteroatoms. The van der Waals surface area contributed by atoms with E-state index in [0.29, 0.717) is 13.1 Å². The van der Waals surface area contributed by atoms with Crippen molar-refractivity contribution in [1.29, 1.82) is 0 Å². The van der Waals surface area contributed by atoms with Gasteiger partial charge < -0.3 is 20.1 Å². The lowest BCUT2D eigenvalue weighted by atomic mass is 9.66. The van der Waals surface area contributed by atoms with E-state index in [1.54, 1.807) is 0 Å². The van der Waals surface area contributed by atoms with Gasteiger partial charge in [0.1, 0.15) is 11.5 Å². The Labute approximate surface area is 154 Å². The molecule has 0 aromatic carbocycles. The first-order valence-corrected chi connectivity index (χ1v) is 9.94. The van der Waals surface area contributed by atoms with Gasteiger partial charge in [0.15, 0.2) is 0 Å². The molecule has 0 aromatic heterocycles. The van der Waals surface area contributed by atoms with E-state index in [2.05, 4.69) is 9.60 Å². The predicted octanol–water partition coefficient (Wildman–Crippen LogP) is -0.248. The van der Waals surface area contributed by atoms with Crippen LogP contribution in [0, 0.1) is 11.3 Å². The highest BCUT2D eigenvalue weighted by Gasteiger charge is 2.60. The maximum Gasteiger partial charge on any atom is 0.524 e. The van der Waals surface area contributed by atoms with Gasteiger partial charge in [0.25, 0.3) is 0 Å². The third kappa shape index (κ3) is 3.57. The number of rotatable bonds is 3. The highest BCUT2D eigenvalue weighted by atomic mass is 32.2. The summed E-state index contributed by atoms with van der Waals surface area (Å²) >= 11 is 0.190. The summed E-state index contributed by atoms with van der Waals surface area (Å²) in [5.74, 6) is -0.919. The number of amides is 1. The van der Waals surface area contributed by atoms with Crippen LogP contribution in [0.4, 0.5) is 26.8 Å². The number of carbonyl (C=O) groups is 1. The van der Waals surface area contributed by atoms with Crippen molar-refractivity contribution in [3.63, 3.8) is 0 Å². The maximum absolute atomic E-state index is 14.0. The zero-order chi connectivity index (χ0) is 20.2. The van der Waals surface area contributed by atoms with Gasteiger partial charge in [-0.1, -0.05) is 16.9 Å². The number of piperidine rings is 1. The molecule has 0 saturated carbocycles. The fourth-order valence-electron chi connectivity index (χ4n) is 3.39. The zero-order valence-corrected chi connectivity index (χ0v) is 15.0. The Balaban J connectivity index is 1.90. The first-order valence-electron chi connectivity index (χ1n) is 7.59. The first kappa shape index (κ1) is 20.8. The maximum atomic E-state index is 14.0. The molecule has 0 radical (unpaired) electrons. The molecule has 0 bridgehead atoms. The summed E-state index contributed by atoms with van der Waals surface area (Å²) in [5.41, 5.74) is -9.05. The van der Waals surface area contributed by atoms with Crippen molar-refractivity contribution in [1.82, 2.24) is 20.6 Å². The fraction of sp³-hybridized carbons (Fsp3) is 0.909. The number of carboxylic acid groups (broad SMARTS) is 1. The molecule has 3 rings (SSSR count). The average Bonchev–Trinajstić information content (AvgIpc) is 2.79. The van der Waals surface area contributed by atoms with Crippen molar-refractivity contribution in [3.05, 3.63) is 0 Å². The van der Waals surface area contributed by atoms with E-state index in [4.69, 9.17) is 0 Å². The van der Waals surface area contributed by atoms with E-state index in [0.717, 1.165) is 4.90 Å². The summed E-state index contributed by atoms with van der Waals surface area (Å²) in [4.78, 5) is 12.0. The molecule has 1 spiro atoms. The number of hydrazine groups is 1. The van der Waals surface area contributed by atoms with Crippen molar-refractivity contribution >= 4 is 28.0 Å². The smallest absolute Gasteiger partial charge is 0.524 e. The Morgan fingerprint density at radius 1 is 1.33 bits per heavy atom. The van der Waals surface area contributed by atoms with Gasteiger partial charge in [-0.2, -0.15) is 25.9 Å². The molecule has 3 saturated heterocycles. The molecule has 27 heavy (non-hydrogen) atoms. The molecular weight excluding hydrogens is 427 g/mol. The molecule has 3 aliphatic heterocycles. The van der Waals surface area contributed by atoms with E-state index in [-0.39, 0.29) is 36.4 Å². The minimum absolute atomic E-state index is 0.0813. The molecule has 1 amide bonds. The van der Waals surface area contributed by atoms with Crippen LogP contribution in [-0.2, 0) is 14.4 Å². The molecule has 3 heterocycles. The van der Waals surface area contributed by atoms with E-state index in [1.807, 2.05) is 0 Å². The average molecular weight is 441 g/mol. The Hall–Kier alpha value is -0.940.